The number of methoxy groups -OCH3 is 2. The highest BCUT2D eigenvalue weighted by Crippen LogP contribution is 2.40. The molecular formula is C44H53N7O7S. The third-order valence-corrected chi connectivity index (χ3v) is 10.2. The number of carbonyl (C=O) groups is 2. The summed E-state index contributed by atoms with van der Waals surface area (Å²) >= 11 is 0. The minimum Gasteiger partial charge on any atom is -0.497 e. The Bertz CT molecular complexity index is 2350. The van der Waals surface area contributed by atoms with Crippen LogP contribution in [0.4, 0.5) is 33.4 Å². The van der Waals surface area contributed by atoms with Crippen LogP contribution in [0.1, 0.15) is 50.5 Å². The summed E-state index contributed by atoms with van der Waals surface area (Å²) in [6, 6.07) is 23.1. The fourth-order valence-corrected chi connectivity index (χ4v) is 7.28. The molecule has 0 bridgehead atoms. The summed E-state index contributed by atoms with van der Waals surface area (Å²) < 4.78 is 38.4. The predicted octanol–water partition coefficient (Wildman–Crippen LogP) is 8.28. The number of urea groups is 1. The molecule has 59 heavy (non-hydrogen) atoms. The summed E-state index contributed by atoms with van der Waals surface area (Å²) in [6.07, 6.45) is 3.16. The van der Waals surface area contributed by atoms with Gasteiger partial charge in [0.05, 0.1) is 43.5 Å². The Hall–Kier alpha value is -5.90. The standard InChI is InChI=1S/C44H53N7O7S/c1-43(2,3)29-23-36(40(56-7)37(24-29)50-59(8)54)49-42(53)48-35-13-14-38(34-12-10-9-11-33(34)35)58-31-15-16-45-39(26-31)47-30-21-28(22-32(25-30)55-6)41(52)46-17-18-51-19-20-57-44(4,5)27-51/h9-16,21-26,50H,17-20,27H2,1-8H3,(H,45,47)(H,46,52)(H2,48,49,53). The number of aromatic nitrogens is 1. The lowest BCUT2D eigenvalue weighted by Gasteiger charge is -2.38. The Morgan fingerprint density at radius 3 is 2.36 bits per heavy atom. The SMILES string of the molecule is COc1cc(Nc2cc(Oc3ccc(NC(=O)Nc4cc(C(C)(C)C)cc(NS(C)=O)c4OC)c4ccccc34)ccn2)cc(C(=O)NCCN2CCOC(C)(C)C2)c1. The van der Waals surface area contributed by atoms with E-state index in [9.17, 15) is 13.8 Å². The Balaban J connectivity index is 1.15. The smallest absolute Gasteiger partial charge is 0.323 e. The zero-order valence-corrected chi connectivity index (χ0v) is 35.6. The van der Waals surface area contributed by atoms with Crippen LogP contribution in [-0.2, 0) is 21.1 Å². The molecule has 0 radical (unpaired) electrons. The van der Waals surface area contributed by atoms with Crippen LogP contribution in [0.25, 0.3) is 10.8 Å². The summed E-state index contributed by atoms with van der Waals surface area (Å²) in [4.78, 5) is 33.5. The quantitative estimate of drug-likeness (QED) is 0.0737. The van der Waals surface area contributed by atoms with Gasteiger partial charge in [0.25, 0.3) is 5.91 Å². The Morgan fingerprint density at radius 1 is 0.898 bits per heavy atom. The van der Waals surface area contributed by atoms with Crippen LogP contribution in [-0.4, -0.2) is 84.9 Å². The second-order valence-corrected chi connectivity index (χ2v) is 17.0. The molecule has 14 nitrogen and oxygen atoms in total. The van der Waals surface area contributed by atoms with Crippen LogP contribution in [0.5, 0.6) is 23.0 Å². The molecule has 2 heterocycles. The maximum atomic E-state index is 13.5. The number of hydrogen-bond acceptors (Lipinski definition) is 10. The van der Waals surface area contributed by atoms with Crippen LogP contribution < -0.4 is 40.2 Å². The molecular weight excluding hydrogens is 771 g/mol. The van der Waals surface area contributed by atoms with Crippen molar-refractivity contribution >= 4 is 62.3 Å². The molecule has 1 aliphatic rings. The van der Waals surface area contributed by atoms with E-state index in [4.69, 9.17) is 18.9 Å². The van der Waals surface area contributed by atoms with Gasteiger partial charge in [0.1, 0.15) is 34.1 Å². The van der Waals surface area contributed by atoms with Crippen LogP contribution in [0.3, 0.4) is 0 Å². The fraction of sp³-hybridized carbons (Fsp3) is 0.341. The van der Waals surface area contributed by atoms with Gasteiger partial charge in [-0.2, -0.15) is 0 Å². The molecule has 5 N–H and O–H groups in total. The molecule has 0 spiro atoms. The van der Waals surface area contributed by atoms with Crippen LogP contribution in [0, 0.1) is 0 Å². The van der Waals surface area contributed by atoms with E-state index in [1.807, 2.05) is 36.4 Å². The molecule has 1 aromatic heterocycles. The van der Waals surface area contributed by atoms with Gasteiger partial charge >= 0.3 is 6.03 Å². The van der Waals surface area contributed by atoms with E-state index >= 15 is 0 Å². The van der Waals surface area contributed by atoms with Gasteiger partial charge in [0.2, 0.25) is 0 Å². The number of morpholine rings is 1. The largest absolute Gasteiger partial charge is 0.497 e. The van der Waals surface area contributed by atoms with Gasteiger partial charge in [-0.3, -0.25) is 9.69 Å². The highest BCUT2D eigenvalue weighted by molar-refractivity contribution is 7.85. The summed E-state index contributed by atoms with van der Waals surface area (Å²) in [5, 5.41) is 13.7. The first-order chi connectivity index (χ1) is 28.1. The normalized spacial score (nSPS) is 14.5. The number of nitrogens with one attached hydrogen (secondary N) is 5. The van der Waals surface area contributed by atoms with Crippen molar-refractivity contribution in [1.82, 2.24) is 15.2 Å². The summed E-state index contributed by atoms with van der Waals surface area (Å²) in [7, 11) is 1.69. The molecule has 1 atom stereocenters. The first kappa shape index (κ1) is 42.7. The van der Waals surface area contributed by atoms with E-state index in [2.05, 4.69) is 70.5 Å². The first-order valence-electron chi connectivity index (χ1n) is 19.3. The molecule has 4 aromatic carbocycles. The van der Waals surface area contributed by atoms with Crippen LogP contribution >= 0.6 is 0 Å². The molecule has 5 aromatic rings. The minimum absolute atomic E-state index is 0.207. The predicted molar refractivity (Wildman–Crippen MR) is 235 cm³/mol. The number of anilines is 5. The van der Waals surface area contributed by atoms with Crippen molar-refractivity contribution in [3.05, 3.63) is 96.2 Å². The van der Waals surface area contributed by atoms with Gasteiger partial charge in [0, 0.05) is 72.8 Å². The molecule has 1 saturated heterocycles. The average Bonchev–Trinajstić information content (AvgIpc) is 3.17. The van der Waals surface area contributed by atoms with Gasteiger partial charge in [-0.1, -0.05) is 45.0 Å². The fourth-order valence-electron chi connectivity index (χ4n) is 6.82. The molecule has 1 aliphatic heterocycles. The second kappa shape index (κ2) is 18.4. The molecule has 312 valence electrons. The van der Waals surface area contributed by atoms with Crippen LogP contribution in [0.2, 0.25) is 0 Å². The minimum atomic E-state index is -1.37. The van der Waals surface area contributed by atoms with Gasteiger partial charge in [0.15, 0.2) is 5.75 Å². The Labute approximate surface area is 347 Å². The monoisotopic (exact) mass is 823 g/mol. The maximum absolute atomic E-state index is 13.5. The van der Waals surface area contributed by atoms with Crippen molar-refractivity contribution in [3.63, 3.8) is 0 Å². The highest BCUT2D eigenvalue weighted by atomic mass is 32.2. The molecule has 6 rings (SSSR count). The van der Waals surface area contributed by atoms with Crippen LogP contribution in [0.15, 0.2) is 85.1 Å². The Kier molecular flexibility index (Phi) is 13.3. The number of benzene rings is 4. The number of ether oxygens (including phenoxy) is 4. The number of carbonyl (C=O) groups excluding carboxylic acids is 2. The first-order valence-corrected chi connectivity index (χ1v) is 20.8. The number of nitrogens with zero attached hydrogens (tertiary/aromatic N) is 2. The van der Waals surface area contributed by atoms with Crippen molar-refractivity contribution < 1.29 is 32.7 Å². The average molecular weight is 824 g/mol. The summed E-state index contributed by atoms with van der Waals surface area (Å²) in [6.45, 7) is 13.8. The number of pyridine rings is 1. The van der Waals surface area contributed by atoms with Crippen molar-refractivity contribution in [2.75, 3.05) is 73.9 Å². The van der Waals surface area contributed by atoms with E-state index in [1.165, 1.54) is 13.4 Å². The van der Waals surface area contributed by atoms with Gasteiger partial charge in [-0.15, -0.1) is 0 Å². The molecule has 15 heteroatoms. The number of fused-ring (bicyclic) bond motifs is 1. The zero-order valence-electron chi connectivity index (χ0n) is 34.8. The lowest BCUT2D eigenvalue weighted by atomic mass is 9.86. The van der Waals surface area contributed by atoms with E-state index < -0.39 is 17.0 Å². The maximum Gasteiger partial charge on any atom is 0.323 e. The summed E-state index contributed by atoms with van der Waals surface area (Å²) in [5.41, 5.74) is 3.00. The van der Waals surface area contributed by atoms with Crippen molar-refractivity contribution in [2.24, 2.45) is 0 Å². The third kappa shape index (κ3) is 11.2. The topological polar surface area (TPSA) is 164 Å². The molecule has 3 amide bonds. The van der Waals surface area contributed by atoms with Crippen molar-refractivity contribution in [2.45, 2.75) is 45.6 Å². The lowest BCUT2D eigenvalue weighted by molar-refractivity contribution is -0.0853. The summed E-state index contributed by atoms with van der Waals surface area (Å²) in [5.74, 6) is 2.24. The highest BCUT2D eigenvalue weighted by Gasteiger charge is 2.27. The molecule has 1 fully saturated rings. The van der Waals surface area contributed by atoms with E-state index in [0.717, 1.165) is 36.0 Å². The third-order valence-electron chi connectivity index (χ3n) is 9.65. The van der Waals surface area contributed by atoms with Crippen molar-refractivity contribution in [3.8, 4) is 23.0 Å². The van der Waals surface area contributed by atoms with Gasteiger partial charge in [-0.05, 0) is 67.3 Å². The van der Waals surface area contributed by atoms with Crippen molar-refractivity contribution in [1.29, 1.82) is 0 Å². The second-order valence-electron chi connectivity index (χ2n) is 15.8. The van der Waals surface area contributed by atoms with E-state index in [0.29, 0.717) is 70.3 Å². The lowest BCUT2D eigenvalue weighted by Crippen LogP contribution is -2.50. The Morgan fingerprint density at radius 2 is 1.64 bits per heavy atom. The number of rotatable bonds is 14. The van der Waals surface area contributed by atoms with E-state index in [1.54, 1.807) is 55.8 Å². The number of hydrogen-bond donors (Lipinski definition) is 5. The molecule has 1 unspecified atom stereocenters. The molecule has 0 saturated carbocycles. The number of amides is 3. The van der Waals surface area contributed by atoms with E-state index in [-0.39, 0.29) is 16.9 Å². The van der Waals surface area contributed by atoms with Gasteiger partial charge in [-0.25, -0.2) is 14.0 Å². The van der Waals surface area contributed by atoms with Gasteiger partial charge < -0.3 is 44.9 Å². The molecule has 0 aliphatic carbocycles. The zero-order chi connectivity index (χ0) is 42.3.